The second-order valence-corrected chi connectivity index (χ2v) is 6.76. The van der Waals surface area contributed by atoms with Crippen LogP contribution in [0.2, 0.25) is 0 Å². The van der Waals surface area contributed by atoms with Crippen molar-refractivity contribution in [3.05, 3.63) is 64.1 Å². The Morgan fingerprint density at radius 2 is 1.87 bits per heavy atom. The Hall–Kier alpha value is -1.52. The average Bonchev–Trinajstić information content (AvgIpc) is 3.31. The highest BCUT2D eigenvalue weighted by Gasteiger charge is 2.51. The lowest BCUT2D eigenvalue weighted by Gasteiger charge is -2.16. The maximum atomic E-state index is 12.5. The molecule has 1 amide bonds. The van der Waals surface area contributed by atoms with Gasteiger partial charge in [0, 0.05) is 16.7 Å². The van der Waals surface area contributed by atoms with Crippen molar-refractivity contribution in [3.63, 3.8) is 0 Å². The van der Waals surface area contributed by atoms with E-state index in [1.807, 2.05) is 48.5 Å². The van der Waals surface area contributed by atoms with Crippen LogP contribution in [0.4, 0.5) is 5.69 Å². The maximum Gasteiger partial charge on any atom is 0.230 e. The van der Waals surface area contributed by atoms with Gasteiger partial charge in [0.05, 0.1) is 5.41 Å². The van der Waals surface area contributed by atoms with Crippen LogP contribution in [0.1, 0.15) is 24.0 Å². The molecule has 0 heterocycles. The summed E-state index contributed by atoms with van der Waals surface area (Å²) < 4.78 is 1.02. The van der Waals surface area contributed by atoms with E-state index in [0.29, 0.717) is 6.54 Å². The van der Waals surface area contributed by atoms with E-state index in [-0.39, 0.29) is 23.7 Å². The minimum absolute atomic E-state index is 0. The van der Waals surface area contributed by atoms with Gasteiger partial charge in [0.1, 0.15) is 0 Å². The predicted octanol–water partition coefficient (Wildman–Crippen LogP) is 3.84. The van der Waals surface area contributed by atoms with Gasteiger partial charge in [-0.2, -0.15) is 0 Å². The number of nitrogens with two attached hydrogens (primary N) is 1. The van der Waals surface area contributed by atoms with Crippen molar-refractivity contribution in [3.8, 4) is 0 Å². The standard InChI is InChI=1S/C18H19BrN2O.ClH/c19-15-3-1-2-14(12-15)18(9-10-18)17(22)21-11-8-13-4-6-16(20)7-5-13;/h1-7,12H,8-11,20H2,(H,21,22);1H. The molecule has 5 heteroatoms. The van der Waals surface area contributed by atoms with Gasteiger partial charge in [-0.1, -0.05) is 40.2 Å². The summed E-state index contributed by atoms with van der Waals surface area (Å²) in [5, 5.41) is 3.08. The first-order valence-electron chi connectivity index (χ1n) is 7.49. The largest absolute Gasteiger partial charge is 0.399 e. The molecule has 3 rings (SSSR count). The van der Waals surface area contributed by atoms with E-state index in [4.69, 9.17) is 5.73 Å². The van der Waals surface area contributed by atoms with Crippen LogP contribution in [0.5, 0.6) is 0 Å². The van der Waals surface area contributed by atoms with Gasteiger partial charge >= 0.3 is 0 Å². The fourth-order valence-corrected chi connectivity index (χ4v) is 3.13. The van der Waals surface area contributed by atoms with Crippen LogP contribution in [0, 0.1) is 0 Å². The molecule has 1 saturated carbocycles. The number of amides is 1. The molecule has 0 spiro atoms. The molecule has 122 valence electrons. The summed E-state index contributed by atoms with van der Waals surface area (Å²) in [5.74, 6) is 0.140. The molecule has 3 N–H and O–H groups in total. The molecule has 3 nitrogen and oxygen atoms in total. The van der Waals surface area contributed by atoms with Gasteiger partial charge in [-0.15, -0.1) is 12.4 Å². The number of nitrogens with one attached hydrogen (secondary N) is 1. The van der Waals surface area contributed by atoms with Crippen LogP contribution in [0.3, 0.4) is 0 Å². The van der Waals surface area contributed by atoms with Gasteiger partial charge in [0.25, 0.3) is 0 Å². The van der Waals surface area contributed by atoms with E-state index in [0.717, 1.165) is 35.0 Å². The Labute approximate surface area is 151 Å². The molecular formula is C18H20BrClN2O. The zero-order valence-corrected chi connectivity index (χ0v) is 15.1. The van der Waals surface area contributed by atoms with Crippen molar-refractivity contribution in [1.82, 2.24) is 5.32 Å². The average molecular weight is 396 g/mol. The minimum atomic E-state index is -0.315. The van der Waals surface area contributed by atoms with Gasteiger partial charge in [-0.25, -0.2) is 0 Å². The summed E-state index contributed by atoms with van der Waals surface area (Å²) in [5.41, 5.74) is 8.41. The molecule has 2 aromatic rings. The third-order valence-corrected chi connectivity index (χ3v) is 4.73. The van der Waals surface area contributed by atoms with E-state index in [2.05, 4.69) is 21.2 Å². The number of rotatable bonds is 5. The summed E-state index contributed by atoms with van der Waals surface area (Å²) in [6, 6.07) is 15.8. The Kier molecular flexibility index (Phi) is 5.71. The van der Waals surface area contributed by atoms with Crippen LogP contribution in [-0.4, -0.2) is 12.5 Å². The molecule has 0 aromatic heterocycles. The number of carbonyl (C=O) groups is 1. The third kappa shape index (κ3) is 4.06. The molecule has 0 bridgehead atoms. The quantitative estimate of drug-likeness (QED) is 0.756. The summed E-state index contributed by atoms with van der Waals surface area (Å²) in [7, 11) is 0. The van der Waals surface area contributed by atoms with Crippen LogP contribution in [0.25, 0.3) is 0 Å². The summed E-state index contributed by atoms with van der Waals surface area (Å²) in [4.78, 5) is 12.5. The summed E-state index contributed by atoms with van der Waals surface area (Å²) in [6.07, 6.45) is 2.68. The van der Waals surface area contributed by atoms with Crippen LogP contribution in [-0.2, 0) is 16.6 Å². The monoisotopic (exact) mass is 394 g/mol. The topological polar surface area (TPSA) is 55.1 Å². The number of nitrogen functional groups attached to an aromatic ring is 1. The molecule has 2 aromatic carbocycles. The lowest BCUT2D eigenvalue weighted by Crippen LogP contribution is -2.35. The Balaban J connectivity index is 0.00000192. The highest BCUT2D eigenvalue weighted by atomic mass is 79.9. The fraction of sp³-hybridized carbons (Fsp3) is 0.278. The van der Waals surface area contributed by atoms with Gasteiger partial charge in [0.15, 0.2) is 0 Å². The Morgan fingerprint density at radius 3 is 2.48 bits per heavy atom. The molecule has 0 aliphatic heterocycles. The smallest absolute Gasteiger partial charge is 0.230 e. The van der Waals surface area contributed by atoms with Gasteiger partial charge in [0.2, 0.25) is 5.91 Å². The van der Waals surface area contributed by atoms with Gasteiger partial charge in [-0.3, -0.25) is 4.79 Å². The Morgan fingerprint density at radius 1 is 1.17 bits per heavy atom. The van der Waals surface area contributed by atoms with E-state index in [9.17, 15) is 4.79 Å². The first-order valence-corrected chi connectivity index (χ1v) is 8.28. The summed E-state index contributed by atoms with van der Waals surface area (Å²) >= 11 is 3.48. The molecule has 0 saturated heterocycles. The van der Waals surface area contributed by atoms with Crippen molar-refractivity contribution in [2.75, 3.05) is 12.3 Å². The number of hydrogen-bond acceptors (Lipinski definition) is 2. The van der Waals surface area contributed by atoms with Crippen LogP contribution in [0.15, 0.2) is 53.0 Å². The van der Waals surface area contributed by atoms with Crippen molar-refractivity contribution in [1.29, 1.82) is 0 Å². The van der Waals surface area contributed by atoms with Gasteiger partial charge in [-0.05, 0) is 54.7 Å². The summed E-state index contributed by atoms with van der Waals surface area (Å²) in [6.45, 7) is 0.651. The zero-order valence-electron chi connectivity index (χ0n) is 12.7. The van der Waals surface area contributed by atoms with Crippen molar-refractivity contribution >= 4 is 39.9 Å². The van der Waals surface area contributed by atoms with E-state index in [1.165, 1.54) is 5.56 Å². The van der Waals surface area contributed by atoms with Crippen molar-refractivity contribution < 1.29 is 4.79 Å². The molecule has 0 atom stereocenters. The first kappa shape index (κ1) is 17.8. The highest BCUT2D eigenvalue weighted by molar-refractivity contribution is 9.10. The van der Waals surface area contributed by atoms with E-state index < -0.39 is 0 Å². The van der Waals surface area contributed by atoms with Crippen LogP contribution >= 0.6 is 28.3 Å². The molecule has 1 aliphatic rings. The third-order valence-electron chi connectivity index (χ3n) is 4.24. The molecular weight excluding hydrogens is 376 g/mol. The molecule has 1 aliphatic carbocycles. The van der Waals surface area contributed by atoms with E-state index in [1.54, 1.807) is 0 Å². The minimum Gasteiger partial charge on any atom is -0.399 e. The molecule has 0 radical (unpaired) electrons. The first-order chi connectivity index (χ1) is 10.6. The number of anilines is 1. The number of halogens is 2. The van der Waals surface area contributed by atoms with Crippen molar-refractivity contribution in [2.24, 2.45) is 0 Å². The lowest BCUT2D eigenvalue weighted by molar-refractivity contribution is -0.123. The molecule has 0 unspecified atom stereocenters. The molecule has 23 heavy (non-hydrogen) atoms. The zero-order chi connectivity index (χ0) is 15.6. The van der Waals surface area contributed by atoms with E-state index >= 15 is 0 Å². The van der Waals surface area contributed by atoms with Crippen LogP contribution < -0.4 is 11.1 Å². The predicted molar refractivity (Wildman–Crippen MR) is 99.9 cm³/mol. The fourth-order valence-electron chi connectivity index (χ4n) is 2.73. The second-order valence-electron chi connectivity index (χ2n) is 5.84. The molecule has 1 fully saturated rings. The number of benzene rings is 2. The Bertz CT molecular complexity index is 684. The second kappa shape index (κ2) is 7.37. The normalized spacial score (nSPS) is 14.7. The highest BCUT2D eigenvalue weighted by Crippen LogP contribution is 2.48. The SMILES string of the molecule is Cl.Nc1ccc(CCNC(=O)C2(c3cccc(Br)c3)CC2)cc1. The number of hydrogen-bond donors (Lipinski definition) is 2. The van der Waals surface area contributed by atoms with Gasteiger partial charge < -0.3 is 11.1 Å². The lowest BCUT2D eigenvalue weighted by atomic mass is 9.95. The maximum absolute atomic E-state index is 12.5. The van der Waals surface area contributed by atoms with Crippen molar-refractivity contribution in [2.45, 2.75) is 24.7 Å². The number of carbonyl (C=O) groups excluding carboxylic acids is 1.